The average Bonchev–Trinajstić information content (AvgIpc) is 1.56. The van der Waals surface area contributed by atoms with Gasteiger partial charge in [-0.3, -0.25) is 17.9 Å². The van der Waals surface area contributed by atoms with E-state index in [4.69, 9.17) is 34.9 Å². The second kappa shape index (κ2) is 29.5. The fourth-order valence-electron chi connectivity index (χ4n) is 16.7. The molecule has 16 aromatic carbocycles. The zero-order valence-corrected chi connectivity index (χ0v) is 65.4. The van der Waals surface area contributed by atoms with E-state index in [0.717, 1.165) is 138 Å². The second-order valence-corrected chi connectivity index (χ2v) is 30.2. The lowest BCUT2D eigenvalue weighted by Crippen LogP contribution is -2.01. The Morgan fingerprint density at radius 2 is 0.563 bits per heavy atom. The van der Waals surface area contributed by atoms with Crippen LogP contribution in [0.2, 0.25) is 0 Å². The van der Waals surface area contributed by atoms with Crippen LogP contribution in [0.1, 0.15) is 0 Å². The number of nitrogens with zero attached hydrogens (tertiary/aromatic N) is 13. The van der Waals surface area contributed by atoms with Gasteiger partial charge >= 0.3 is 0 Å². The molecule has 560 valence electrons. The van der Waals surface area contributed by atoms with Crippen LogP contribution in [-0.4, -0.2) is 67.4 Å². The lowest BCUT2D eigenvalue weighted by Gasteiger charge is -2.12. The van der Waals surface area contributed by atoms with Gasteiger partial charge in [-0.05, 0) is 132 Å². The van der Waals surface area contributed by atoms with Gasteiger partial charge in [0.2, 0.25) is 11.6 Å². The van der Waals surface area contributed by atoms with Gasteiger partial charge in [-0.15, -0.1) is 0 Å². The van der Waals surface area contributed by atoms with Gasteiger partial charge in [-0.2, -0.15) is 0 Å². The monoisotopic (exact) mass is 1590 g/mol. The number of fused-ring (bicyclic) bond motifs is 16. The van der Waals surface area contributed by atoms with E-state index >= 15 is 0 Å². The molecule has 8 heterocycles. The maximum atomic E-state index is 5.17. The van der Waals surface area contributed by atoms with Gasteiger partial charge < -0.3 is 9.55 Å². The third-order valence-electron chi connectivity index (χ3n) is 22.1. The van der Waals surface area contributed by atoms with E-state index in [2.05, 4.69) is 303 Å². The Morgan fingerprint density at radius 3 is 1.06 bits per heavy atom. The van der Waals surface area contributed by atoms with E-state index in [1.165, 1.54) is 38.2 Å². The molecule has 0 aliphatic heterocycles. The Bertz CT molecular complexity index is 7880. The number of imidazole rings is 4. The number of para-hydroxylation sites is 10. The first-order valence-corrected chi connectivity index (χ1v) is 40.3. The van der Waals surface area contributed by atoms with Crippen molar-refractivity contribution in [1.29, 1.82) is 0 Å². The highest BCUT2D eigenvalue weighted by Gasteiger charge is 2.25. The summed E-state index contributed by atoms with van der Waals surface area (Å²) in [7, 11) is 0. The molecule has 0 fully saturated rings. The summed E-state index contributed by atoms with van der Waals surface area (Å²) in [6.45, 7) is 0. The molecule has 8 aromatic heterocycles. The SMILES string of the molecule is Brc1cccc(-c2nc(-c3ccccc3)nc(-c3ccccc3)n2)c1.c1ccc(-c2nc(-c3ccccc3)nc(-c3cccc(-n4c5ccccc5c5cc(-c6cccc7c6n6c8ccccc8nc6n7-c6ccccc6)ccc54)c3)n2)cc1.c1ccc(-n2c3cccc(-c4ccc5[nH]c6ccccc6c5c4)c3n3c4ccccc4nc23)cc1. The van der Waals surface area contributed by atoms with Crippen molar-refractivity contribution in [2.45, 2.75) is 0 Å². The standard InChI is InChI=1S/C52H33N7.C31H20N4.C21H14BrN3/c1-4-16-34(17-5-1)49-54-50(35-18-6-2-7-19-35)56-51(55-49)37-20-14-23-39(32-37)57-44-27-12-10-24-41(44)42-33-36(30-31-45(42)57)40-25-15-29-47-48(40)59-46-28-13-11-26-43(46)53-52(59)58(47)38-21-8-3-9-22-38;1-2-9-21(10-3-1)34-29-16-8-12-22(30(29)35-28-15-7-6-14-27(28)33-31(34)35)20-17-18-26-24(19-20)23-11-4-5-13-25(23)32-26;22-18-13-7-12-17(14-18)21-24-19(15-8-3-1-4-9-15)23-20(25-21)16-10-5-2-6-11-16/h1-33H;1-19,32H;1-14H. The molecule has 0 aliphatic rings. The Morgan fingerprint density at radius 1 is 0.210 bits per heavy atom. The Labute approximate surface area is 690 Å². The average molecular weight is 1590 g/mol. The van der Waals surface area contributed by atoms with Gasteiger partial charge in [0.15, 0.2) is 34.9 Å². The minimum atomic E-state index is 0.622. The van der Waals surface area contributed by atoms with Crippen molar-refractivity contribution in [3.05, 3.63) is 405 Å². The lowest BCUT2D eigenvalue weighted by molar-refractivity contribution is 1.07. The minimum absolute atomic E-state index is 0.622. The van der Waals surface area contributed by atoms with E-state index < -0.39 is 0 Å². The smallest absolute Gasteiger partial charge is 0.220 e. The van der Waals surface area contributed by atoms with Crippen molar-refractivity contribution in [2.24, 2.45) is 0 Å². The molecular weight excluding hydrogens is 1530 g/mol. The highest BCUT2D eigenvalue weighted by molar-refractivity contribution is 9.10. The number of benzene rings is 16. The minimum Gasteiger partial charge on any atom is -0.355 e. The molecule has 14 nitrogen and oxygen atoms in total. The van der Waals surface area contributed by atoms with Crippen molar-refractivity contribution in [1.82, 2.24) is 67.4 Å². The zero-order valence-electron chi connectivity index (χ0n) is 63.8. The van der Waals surface area contributed by atoms with Crippen LogP contribution in [-0.2, 0) is 0 Å². The van der Waals surface area contributed by atoms with Crippen molar-refractivity contribution >= 4 is 115 Å². The van der Waals surface area contributed by atoms with Crippen LogP contribution in [0.4, 0.5) is 0 Å². The van der Waals surface area contributed by atoms with Gasteiger partial charge in [-0.1, -0.05) is 295 Å². The van der Waals surface area contributed by atoms with E-state index in [9.17, 15) is 0 Å². The number of halogens is 1. The summed E-state index contributed by atoms with van der Waals surface area (Å²) >= 11 is 3.52. The van der Waals surface area contributed by atoms with Gasteiger partial charge in [0.05, 0.1) is 55.2 Å². The molecule has 119 heavy (non-hydrogen) atoms. The second-order valence-electron chi connectivity index (χ2n) is 29.3. The Balaban J connectivity index is 0.000000120. The summed E-state index contributed by atoms with van der Waals surface area (Å²) < 4.78 is 12.5. The highest BCUT2D eigenvalue weighted by atomic mass is 79.9. The fraction of sp³-hybridized carbons (Fsp3) is 0. The van der Waals surface area contributed by atoms with Crippen LogP contribution in [0.3, 0.4) is 0 Å². The molecule has 0 atom stereocenters. The van der Waals surface area contributed by atoms with Crippen LogP contribution >= 0.6 is 15.9 Å². The molecule has 0 aliphatic carbocycles. The third kappa shape index (κ3) is 12.5. The van der Waals surface area contributed by atoms with Crippen LogP contribution in [0, 0.1) is 0 Å². The number of nitrogens with one attached hydrogen (secondary N) is 1. The summed E-state index contributed by atoms with van der Waals surface area (Å²) in [5.41, 5.74) is 26.8. The molecule has 0 amide bonds. The normalized spacial score (nSPS) is 11.6. The summed E-state index contributed by atoms with van der Waals surface area (Å²) in [6.07, 6.45) is 0. The summed E-state index contributed by atoms with van der Waals surface area (Å²) in [5, 5.41) is 4.84. The van der Waals surface area contributed by atoms with E-state index in [1.807, 2.05) is 146 Å². The molecule has 0 spiro atoms. The molecule has 0 saturated carbocycles. The van der Waals surface area contributed by atoms with E-state index in [0.29, 0.717) is 34.9 Å². The van der Waals surface area contributed by atoms with Crippen LogP contribution in [0.15, 0.2) is 405 Å². The quantitative estimate of drug-likeness (QED) is 0.135. The molecule has 0 saturated heterocycles. The van der Waals surface area contributed by atoms with Crippen molar-refractivity contribution in [3.63, 3.8) is 0 Å². The highest BCUT2D eigenvalue weighted by Crippen LogP contribution is 2.43. The summed E-state index contributed by atoms with van der Waals surface area (Å²) in [5.74, 6) is 5.72. The maximum absolute atomic E-state index is 5.17. The lowest BCUT2D eigenvalue weighted by atomic mass is 10.0. The number of aromatic nitrogens is 14. The predicted octanol–water partition coefficient (Wildman–Crippen LogP) is 25.7. The molecule has 15 heteroatoms. The fourth-order valence-corrected chi connectivity index (χ4v) is 17.1. The molecule has 0 unspecified atom stereocenters. The first-order valence-electron chi connectivity index (χ1n) is 39.5. The number of rotatable bonds is 11. The molecule has 0 bridgehead atoms. The van der Waals surface area contributed by atoms with E-state index in [1.54, 1.807) is 0 Å². The predicted molar refractivity (Wildman–Crippen MR) is 487 cm³/mol. The number of H-pyrrole nitrogens is 1. The number of aromatic amines is 1. The molecule has 24 rings (SSSR count). The topological polar surface area (TPSA) is 143 Å². The molecule has 1 N–H and O–H groups in total. The van der Waals surface area contributed by atoms with Crippen molar-refractivity contribution < 1.29 is 0 Å². The summed E-state index contributed by atoms with van der Waals surface area (Å²) in [6, 6.07) is 138. The molecule has 24 aromatic rings. The molecule has 0 radical (unpaired) electrons. The first kappa shape index (κ1) is 69.8. The van der Waals surface area contributed by atoms with Crippen LogP contribution in [0.25, 0.3) is 207 Å². The van der Waals surface area contributed by atoms with Gasteiger partial charge in [0, 0.05) is 98.6 Å². The summed E-state index contributed by atoms with van der Waals surface area (Å²) in [4.78, 5) is 42.9. The Kier molecular flexibility index (Phi) is 17.3. The molecular formula is C104H67BrN14. The van der Waals surface area contributed by atoms with Gasteiger partial charge in [0.25, 0.3) is 0 Å². The first-order chi connectivity index (χ1) is 58.9. The van der Waals surface area contributed by atoms with Crippen molar-refractivity contribution in [3.8, 4) is 108 Å². The number of hydrogen-bond acceptors (Lipinski definition) is 8. The number of hydrogen-bond donors (Lipinski definition) is 1. The largest absolute Gasteiger partial charge is 0.355 e. The maximum Gasteiger partial charge on any atom is 0.220 e. The zero-order chi connectivity index (χ0) is 78.9. The van der Waals surface area contributed by atoms with Gasteiger partial charge in [-0.25, -0.2) is 39.9 Å². The van der Waals surface area contributed by atoms with Crippen molar-refractivity contribution in [2.75, 3.05) is 0 Å². The van der Waals surface area contributed by atoms with Crippen LogP contribution in [0.5, 0.6) is 0 Å². The third-order valence-corrected chi connectivity index (χ3v) is 22.6. The van der Waals surface area contributed by atoms with Crippen LogP contribution < -0.4 is 0 Å². The van der Waals surface area contributed by atoms with E-state index in [-0.39, 0.29) is 0 Å². The Hall–Kier alpha value is -15.8. The van der Waals surface area contributed by atoms with Gasteiger partial charge in [0.1, 0.15) is 0 Å².